The normalized spacial score (nSPS) is 29.4. The standard InChI is InChI=1S/C22H24F3N5O4/c1-10-4-5-13(22(23,24)25)14(6-10)30-12(3)27-28-21(30)20-17(32)16(29-8-11(2)7-26-29)19-18(34-20)15(31)9-33-19/h4-8,15-20,31-32H,9H2,1-3H3/t15?,16?,17?,18?,19-,20-/m1/s1. The number of aromatic nitrogens is 5. The molecule has 0 spiro atoms. The van der Waals surface area contributed by atoms with Crippen LogP contribution in [0.4, 0.5) is 13.2 Å². The zero-order valence-electron chi connectivity index (χ0n) is 18.6. The van der Waals surface area contributed by atoms with Crippen LogP contribution in [0.2, 0.25) is 0 Å². The summed E-state index contributed by atoms with van der Waals surface area (Å²) in [6.07, 6.45) is -6.32. The predicted octanol–water partition coefficient (Wildman–Crippen LogP) is 2.21. The van der Waals surface area contributed by atoms with Gasteiger partial charge in [0.15, 0.2) is 5.82 Å². The number of alkyl halides is 3. The van der Waals surface area contributed by atoms with Crippen molar-refractivity contribution >= 4 is 0 Å². The van der Waals surface area contributed by atoms with E-state index >= 15 is 0 Å². The number of hydrogen-bond donors (Lipinski definition) is 2. The van der Waals surface area contributed by atoms with Crippen LogP contribution in [0.25, 0.3) is 5.69 Å². The molecule has 5 rings (SSSR count). The molecule has 2 aromatic heterocycles. The van der Waals surface area contributed by atoms with Crippen molar-refractivity contribution in [2.24, 2.45) is 0 Å². The summed E-state index contributed by atoms with van der Waals surface area (Å²) in [5.41, 5.74) is 0.419. The van der Waals surface area contributed by atoms with E-state index in [9.17, 15) is 23.4 Å². The molecular weight excluding hydrogens is 455 g/mol. The minimum atomic E-state index is -4.63. The van der Waals surface area contributed by atoms with Crippen LogP contribution in [-0.4, -0.2) is 65.8 Å². The molecule has 0 aliphatic carbocycles. The fourth-order valence-corrected chi connectivity index (χ4v) is 4.75. The number of aliphatic hydroxyl groups is 2. The first-order valence-electron chi connectivity index (χ1n) is 10.8. The lowest BCUT2D eigenvalue weighted by Crippen LogP contribution is -2.52. The Morgan fingerprint density at radius 2 is 1.82 bits per heavy atom. The number of ether oxygens (including phenoxy) is 2. The van der Waals surface area contributed by atoms with E-state index in [1.54, 1.807) is 19.3 Å². The number of benzene rings is 1. The van der Waals surface area contributed by atoms with Crippen molar-refractivity contribution in [2.75, 3.05) is 6.61 Å². The van der Waals surface area contributed by atoms with Gasteiger partial charge >= 0.3 is 6.18 Å². The predicted molar refractivity (Wildman–Crippen MR) is 111 cm³/mol. The smallest absolute Gasteiger partial charge is 0.388 e. The van der Waals surface area contributed by atoms with Crippen molar-refractivity contribution in [1.29, 1.82) is 0 Å². The molecule has 6 atom stereocenters. The quantitative estimate of drug-likeness (QED) is 0.593. The van der Waals surface area contributed by atoms with Crippen molar-refractivity contribution in [3.8, 4) is 5.69 Å². The fourth-order valence-electron chi connectivity index (χ4n) is 4.75. The maximum absolute atomic E-state index is 13.9. The maximum atomic E-state index is 13.9. The number of fused-ring (bicyclic) bond motifs is 1. The molecule has 2 N–H and O–H groups in total. The second-order valence-corrected chi connectivity index (χ2v) is 8.82. The van der Waals surface area contributed by atoms with Crippen molar-refractivity contribution < 1.29 is 32.9 Å². The molecule has 9 nitrogen and oxygen atoms in total. The monoisotopic (exact) mass is 479 g/mol. The van der Waals surface area contributed by atoms with Gasteiger partial charge in [-0.25, -0.2) is 0 Å². The summed E-state index contributed by atoms with van der Waals surface area (Å²) in [6.45, 7) is 5.04. The van der Waals surface area contributed by atoms with Crippen molar-refractivity contribution in [3.63, 3.8) is 0 Å². The molecule has 3 aromatic rings. The van der Waals surface area contributed by atoms with Gasteiger partial charge in [-0.1, -0.05) is 6.07 Å². The van der Waals surface area contributed by atoms with Crippen LogP contribution in [0.5, 0.6) is 0 Å². The van der Waals surface area contributed by atoms with E-state index in [0.29, 0.717) is 5.56 Å². The van der Waals surface area contributed by atoms with E-state index in [-0.39, 0.29) is 23.9 Å². The second-order valence-electron chi connectivity index (χ2n) is 8.82. The van der Waals surface area contributed by atoms with Gasteiger partial charge in [0.05, 0.1) is 24.1 Å². The van der Waals surface area contributed by atoms with E-state index in [1.807, 2.05) is 6.92 Å². The molecule has 0 bridgehead atoms. The molecule has 4 unspecified atom stereocenters. The molecule has 2 fully saturated rings. The first kappa shape index (κ1) is 23.0. The summed E-state index contributed by atoms with van der Waals surface area (Å²) in [6, 6.07) is 3.01. The topological polar surface area (TPSA) is 107 Å². The third kappa shape index (κ3) is 3.70. The zero-order chi connectivity index (χ0) is 24.4. The Kier molecular flexibility index (Phi) is 5.51. The molecule has 0 radical (unpaired) electrons. The SMILES string of the molecule is Cc1ccc(C(F)(F)F)c(-n2c(C)nnc2[C@@H]2OC3C(O)CO[C@@H]3C(n3cc(C)cn3)C2O)c1. The van der Waals surface area contributed by atoms with Gasteiger partial charge in [-0.2, -0.15) is 18.3 Å². The Bertz CT molecular complexity index is 1210. The maximum Gasteiger partial charge on any atom is 0.418 e. The van der Waals surface area contributed by atoms with E-state index in [1.165, 1.54) is 28.3 Å². The van der Waals surface area contributed by atoms with Gasteiger partial charge in [-0.3, -0.25) is 9.25 Å². The largest absolute Gasteiger partial charge is 0.418 e. The second kappa shape index (κ2) is 8.15. The summed E-state index contributed by atoms with van der Waals surface area (Å²) in [5, 5.41) is 34.3. The van der Waals surface area contributed by atoms with Crippen LogP contribution < -0.4 is 0 Å². The lowest BCUT2D eigenvalue weighted by molar-refractivity contribution is -0.196. The third-order valence-electron chi connectivity index (χ3n) is 6.30. The highest BCUT2D eigenvalue weighted by molar-refractivity contribution is 5.47. The summed E-state index contributed by atoms with van der Waals surface area (Å²) in [5.74, 6) is 0.186. The first-order valence-corrected chi connectivity index (χ1v) is 10.8. The van der Waals surface area contributed by atoms with Gasteiger partial charge in [-0.05, 0) is 44.0 Å². The lowest BCUT2D eigenvalue weighted by atomic mass is 9.91. The van der Waals surface area contributed by atoms with Crippen LogP contribution >= 0.6 is 0 Å². The summed E-state index contributed by atoms with van der Waals surface area (Å²) in [7, 11) is 0. The molecular formula is C22H24F3N5O4. The molecule has 4 heterocycles. The van der Waals surface area contributed by atoms with Gasteiger partial charge in [-0.15, -0.1) is 10.2 Å². The Morgan fingerprint density at radius 1 is 1.06 bits per heavy atom. The Hall–Kier alpha value is -2.80. The van der Waals surface area contributed by atoms with Crippen molar-refractivity contribution in [3.05, 3.63) is 58.9 Å². The average Bonchev–Trinajstić information content (AvgIpc) is 3.45. The summed E-state index contributed by atoms with van der Waals surface area (Å²) >= 11 is 0. The number of rotatable bonds is 3. The Morgan fingerprint density at radius 3 is 2.50 bits per heavy atom. The first-order chi connectivity index (χ1) is 16.1. The Labute approximate surface area is 192 Å². The van der Waals surface area contributed by atoms with E-state index in [0.717, 1.165) is 11.6 Å². The van der Waals surface area contributed by atoms with Crippen LogP contribution in [0, 0.1) is 20.8 Å². The van der Waals surface area contributed by atoms with Gasteiger partial charge in [0.25, 0.3) is 0 Å². The molecule has 2 aliphatic rings. The number of aliphatic hydroxyl groups excluding tert-OH is 2. The molecule has 0 amide bonds. The molecule has 2 aliphatic heterocycles. The molecule has 182 valence electrons. The van der Waals surface area contributed by atoms with Gasteiger partial charge < -0.3 is 19.7 Å². The highest BCUT2D eigenvalue weighted by Gasteiger charge is 2.54. The molecule has 1 aromatic carbocycles. The highest BCUT2D eigenvalue weighted by Crippen LogP contribution is 2.44. The van der Waals surface area contributed by atoms with Gasteiger partial charge in [0.2, 0.25) is 0 Å². The molecule has 34 heavy (non-hydrogen) atoms. The van der Waals surface area contributed by atoms with E-state index in [4.69, 9.17) is 9.47 Å². The zero-order valence-corrected chi connectivity index (χ0v) is 18.6. The van der Waals surface area contributed by atoms with E-state index < -0.39 is 48.3 Å². The molecule has 12 heteroatoms. The average molecular weight is 479 g/mol. The van der Waals surface area contributed by atoms with Gasteiger partial charge in [0.1, 0.15) is 42.4 Å². The number of nitrogens with zero attached hydrogens (tertiary/aromatic N) is 5. The lowest BCUT2D eigenvalue weighted by Gasteiger charge is -2.41. The van der Waals surface area contributed by atoms with E-state index in [2.05, 4.69) is 15.3 Å². The highest BCUT2D eigenvalue weighted by atomic mass is 19.4. The minimum Gasteiger partial charge on any atom is -0.388 e. The van der Waals surface area contributed by atoms with Crippen LogP contribution in [0.15, 0.2) is 30.6 Å². The summed E-state index contributed by atoms with van der Waals surface area (Å²) in [4.78, 5) is 0. The van der Waals surface area contributed by atoms with Gasteiger partial charge in [0, 0.05) is 6.20 Å². The minimum absolute atomic E-state index is 0.00660. The summed E-state index contributed by atoms with van der Waals surface area (Å²) < 4.78 is 56.1. The number of halogens is 3. The molecule has 2 saturated heterocycles. The van der Waals surface area contributed by atoms with Crippen LogP contribution in [0.3, 0.4) is 0 Å². The van der Waals surface area contributed by atoms with Crippen LogP contribution in [0.1, 0.15) is 40.5 Å². The third-order valence-corrected chi connectivity index (χ3v) is 6.30. The van der Waals surface area contributed by atoms with Crippen LogP contribution in [-0.2, 0) is 15.7 Å². The Balaban J connectivity index is 1.64. The number of hydrogen-bond acceptors (Lipinski definition) is 7. The fraction of sp³-hybridized carbons (Fsp3) is 0.500. The number of aryl methyl sites for hydroxylation is 3. The van der Waals surface area contributed by atoms with Crippen molar-refractivity contribution in [2.45, 2.75) is 63.5 Å². The molecule has 0 saturated carbocycles. The van der Waals surface area contributed by atoms with Crippen molar-refractivity contribution in [1.82, 2.24) is 24.5 Å².